The van der Waals surface area contributed by atoms with Crippen molar-refractivity contribution in [2.24, 2.45) is 5.92 Å². The van der Waals surface area contributed by atoms with E-state index in [1.54, 1.807) is 12.1 Å². The van der Waals surface area contributed by atoms with Crippen molar-refractivity contribution in [2.45, 2.75) is 18.4 Å². The van der Waals surface area contributed by atoms with Gasteiger partial charge in [-0.05, 0) is 36.1 Å². The average molecular weight is 356 g/mol. The summed E-state index contributed by atoms with van der Waals surface area (Å²) in [4.78, 5) is 11.0. The van der Waals surface area contributed by atoms with Crippen LogP contribution in [0.3, 0.4) is 0 Å². The van der Waals surface area contributed by atoms with Gasteiger partial charge in [0.15, 0.2) is 11.5 Å². The van der Waals surface area contributed by atoms with Crippen molar-refractivity contribution >= 4 is 11.4 Å². The molecule has 0 amide bonds. The van der Waals surface area contributed by atoms with Crippen LogP contribution in [0.5, 0.6) is 11.5 Å². The van der Waals surface area contributed by atoms with Gasteiger partial charge >= 0.3 is 0 Å². The number of fused-ring (bicyclic) bond motifs is 3. The highest BCUT2D eigenvalue weighted by Gasteiger charge is 2.42. The fourth-order valence-corrected chi connectivity index (χ4v) is 4.04. The molecule has 0 saturated heterocycles. The first-order valence-electron chi connectivity index (χ1n) is 8.28. The zero-order valence-corrected chi connectivity index (χ0v) is 14.0. The Bertz CT molecular complexity index is 928. The van der Waals surface area contributed by atoms with Crippen LogP contribution in [0.1, 0.15) is 29.5 Å². The zero-order chi connectivity index (χ0) is 18.4. The van der Waals surface area contributed by atoms with Crippen molar-refractivity contribution in [3.63, 3.8) is 0 Å². The highest BCUT2D eigenvalue weighted by Crippen LogP contribution is 2.53. The van der Waals surface area contributed by atoms with Gasteiger partial charge in [-0.1, -0.05) is 18.2 Å². The second-order valence-corrected chi connectivity index (χ2v) is 6.52. The molecule has 0 radical (unpaired) electrons. The molecular formula is C19H17FN2O4. The summed E-state index contributed by atoms with van der Waals surface area (Å²) < 4.78 is 19.6. The Kier molecular flexibility index (Phi) is 3.79. The number of nitro groups is 1. The third-order valence-corrected chi connectivity index (χ3v) is 5.20. The number of aromatic hydroxyl groups is 1. The first kappa shape index (κ1) is 16.4. The maximum atomic E-state index is 14.5. The maximum absolute atomic E-state index is 14.5. The summed E-state index contributed by atoms with van der Waals surface area (Å²) in [6.45, 7) is 0. The van der Waals surface area contributed by atoms with Crippen molar-refractivity contribution in [2.75, 3.05) is 12.4 Å². The number of nitrogens with zero attached hydrogens (tertiary/aromatic N) is 1. The number of anilines is 1. The summed E-state index contributed by atoms with van der Waals surface area (Å²) in [7, 11) is 1.47. The lowest BCUT2D eigenvalue weighted by Gasteiger charge is -2.37. The van der Waals surface area contributed by atoms with Crippen molar-refractivity contribution in [1.82, 2.24) is 0 Å². The second kappa shape index (κ2) is 6.01. The van der Waals surface area contributed by atoms with Gasteiger partial charge in [0.25, 0.3) is 5.69 Å². The van der Waals surface area contributed by atoms with Crippen molar-refractivity contribution in [3.8, 4) is 11.5 Å². The lowest BCUT2D eigenvalue weighted by molar-refractivity contribution is -0.385. The Hall–Kier alpha value is -3.09. The molecule has 0 aromatic heterocycles. The number of rotatable bonds is 3. The number of benzene rings is 2. The number of methoxy groups -OCH3 is 1. The normalized spacial score (nSPS) is 23.1. The van der Waals surface area contributed by atoms with Gasteiger partial charge in [-0.25, -0.2) is 4.39 Å². The summed E-state index contributed by atoms with van der Waals surface area (Å²) in [5, 5.41) is 24.7. The molecule has 1 aliphatic heterocycles. The summed E-state index contributed by atoms with van der Waals surface area (Å²) in [5.74, 6) is -0.424. The van der Waals surface area contributed by atoms with Gasteiger partial charge in [-0.2, -0.15) is 0 Å². The molecule has 1 aliphatic carbocycles. The Morgan fingerprint density at radius 3 is 2.85 bits per heavy atom. The first-order chi connectivity index (χ1) is 12.5. The number of phenols is 1. The van der Waals surface area contributed by atoms with Crippen LogP contribution in [0, 0.1) is 21.8 Å². The molecule has 1 heterocycles. The van der Waals surface area contributed by atoms with Crippen molar-refractivity contribution in [1.29, 1.82) is 0 Å². The molecule has 6 nitrogen and oxygen atoms in total. The third kappa shape index (κ3) is 2.39. The van der Waals surface area contributed by atoms with E-state index in [4.69, 9.17) is 4.74 Å². The first-order valence-corrected chi connectivity index (χ1v) is 8.28. The summed E-state index contributed by atoms with van der Waals surface area (Å²) >= 11 is 0. The quantitative estimate of drug-likeness (QED) is 0.487. The van der Waals surface area contributed by atoms with Crippen molar-refractivity contribution in [3.05, 3.63) is 69.5 Å². The lowest BCUT2D eigenvalue weighted by Crippen LogP contribution is -2.30. The van der Waals surface area contributed by atoms with Crippen molar-refractivity contribution < 1.29 is 19.2 Å². The number of ether oxygens (including phenoxy) is 1. The second-order valence-electron chi connectivity index (χ2n) is 6.52. The molecular weight excluding hydrogens is 339 g/mol. The largest absolute Gasteiger partial charge is 0.504 e. The van der Waals surface area contributed by atoms with E-state index in [-0.39, 0.29) is 35.0 Å². The van der Waals surface area contributed by atoms with E-state index in [1.165, 1.54) is 13.2 Å². The highest BCUT2D eigenvalue weighted by molar-refractivity contribution is 5.68. The van der Waals surface area contributed by atoms with Crippen LogP contribution in [0.15, 0.2) is 42.5 Å². The molecule has 26 heavy (non-hydrogen) atoms. The van der Waals surface area contributed by atoms with Gasteiger partial charge in [-0.15, -0.1) is 0 Å². The molecule has 2 aromatic rings. The molecule has 0 bridgehead atoms. The van der Waals surface area contributed by atoms with E-state index < -0.39 is 10.7 Å². The number of hydrogen-bond acceptors (Lipinski definition) is 5. The van der Waals surface area contributed by atoms with Crippen LogP contribution in [-0.2, 0) is 0 Å². The molecule has 0 saturated carbocycles. The van der Waals surface area contributed by atoms with Gasteiger partial charge < -0.3 is 15.2 Å². The molecule has 2 aromatic carbocycles. The fourth-order valence-electron chi connectivity index (χ4n) is 4.04. The monoisotopic (exact) mass is 356 g/mol. The zero-order valence-electron chi connectivity index (χ0n) is 14.0. The van der Waals surface area contributed by atoms with Gasteiger partial charge in [0.2, 0.25) is 0 Å². The summed E-state index contributed by atoms with van der Waals surface area (Å²) in [6, 6.07) is 7.11. The minimum atomic E-state index is -0.521. The molecule has 3 atom stereocenters. The predicted molar refractivity (Wildman–Crippen MR) is 94.1 cm³/mol. The molecule has 2 N–H and O–H groups in total. The Balaban J connectivity index is 1.84. The molecule has 4 rings (SSSR count). The van der Waals surface area contributed by atoms with Crippen LogP contribution in [0.2, 0.25) is 0 Å². The molecule has 0 spiro atoms. The number of nitrogens with one attached hydrogen (secondary N) is 1. The highest BCUT2D eigenvalue weighted by atomic mass is 19.1. The minimum absolute atomic E-state index is 0.000354. The van der Waals surface area contributed by atoms with E-state index in [2.05, 4.69) is 5.32 Å². The Morgan fingerprint density at radius 1 is 1.35 bits per heavy atom. The number of phenolic OH excluding ortho intramolecular Hbond substituents is 1. The van der Waals surface area contributed by atoms with Gasteiger partial charge in [0, 0.05) is 12.0 Å². The lowest BCUT2D eigenvalue weighted by atomic mass is 9.76. The maximum Gasteiger partial charge on any atom is 0.275 e. The van der Waals surface area contributed by atoms with E-state index in [9.17, 15) is 19.6 Å². The smallest absolute Gasteiger partial charge is 0.275 e. The Labute approximate surface area is 149 Å². The van der Waals surface area contributed by atoms with E-state index >= 15 is 0 Å². The van der Waals surface area contributed by atoms with Gasteiger partial charge in [0.05, 0.1) is 29.3 Å². The van der Waals surface area contributed by atoms with E-state index in [1.807, 2.05) is 18.2 Å². The van der Waals surface area contributed by atoms with Crippen LogP contribution in [0.4, 0.5) is 15.8 Å². The number of allylic oxidation sites excluding steroid dienone is 2. The van der Waals surface area contributed by atoms with E-state index in [0.29, 0.717) is 17.7 Å². The van der Waals surface area contributed by atoms with Gasteiger partial charge in [0.1, 0.15) is 5.82 Å². The standard InChI is InChI=1S/C19H17FN2O4/c1-26-16-8-5-10(9-15(16)23)18-12-4-2-3-11(12)17-14(22(24)25)7-6-13(20)19(17)21-18/h2-3,5-9,11-12,18,21,23H,4H2,1H3. The van der Waals surface area contributed by atoms with Crippen LogP contribution < -0.4 is 10.1 Å². The topological polar surface area (TPSA) is 84.6 Å². The molecule has 0 fully saturated rings. The van der Waals surface area contributed by atoms with E-state index in [0.717, 1.165) is 11.6 Å². The molecule has 134 valence electrons. The number of halogens is 1. The molecule has 7 heteroatoms. The Morgan fingerprint density at radius 2 is 2.15 bits per heavy atom. The van der Waals surface area contributed by atoms with Crippen LogP contribution in [-0.4, -0.2) is 17.1 Å². The summed E-state index contributed by atoms with van der Waals surface area (Å²) in [6.07, 6.45) is 4.59. The fraction of sp³-hybridized carbons (Fsp3) is 0.263. The SMILES string of the molecule is COc1ccc(C2Nc3c(F)ccc([N+](=O)[O-])c3C3C=CCC32)cc1O. The molecule has 2 aliphatic rings. The minimum Gasteiger partial charge on any atom is -0.504 e. The number of hydrogen-bond donors (Lipinski definition) is 2. The van der Waals surface area contributed by atoms with Crippen LogP contribution >= 0.6 is 0 Å². The molecule has 3 unspecified atom stereocenters. The van der Waals surface area contributed by atoms with Crippen LogP contribution in [0.25, 0.3) is 0 Å². The average Bonchev–Trinajstić information content (AvgIpc) is 3.11. The predicted octanol–water partition coefficient (Wildman–Crippen LogP) is 4.27. The third-order valence-electron chi connectivity index (χ3n) is 5.20. The number of nitro benzene ring substituents is 1. The summed E-state index contributed by atoms with van der Waals surface area (Å²) in [5.41, 5.74) is 1.25. The van der Waals surface area contributed by atoms with Gasteiger partial charge in [-0.3, -0.25) is 10.1 Å².